The molecule has 1 aromatic carbocycles. The van der Waals surface area contributed by atoms with Gasteiger partial charge in [0.25, 0.3) is 0 Å². The second-order valence-corrected chi connectivity index (χ2v) is 7.81. The van der Waals surface area contributed by atoms with Crippen molar-refractivity contribution in [1.29, 1.82) is 0 Å². The van der Waals surface area contributed by atoms with Crippen LogP contribution < -0.4 is 10.5 Å². The topological polar surface area (TPSA) is 129 Å². The van der Waals surface area contributed by atoms with E-state index in [2.05, 4.69) is 15.0 Å². The third-order valence-corrected chi connectivity index (χ3v) is 5.86. The first-order chi connectivity index (χ1) is 15.5. The third-order valence-electron chi connectivity index (χ3n) is 5.86. The van der Waals surface area contributed by atoms with Crippen molar-refractivity contribution in [2.24, 2.45) is 0 Å². The standard InChI is InChI=1S/C22H22FN5O4/c1-31-21-13-6-7-28(20(13)25-10-26-21)22-18(30)17(29)16(32-22)5-3-11-2-4-12-9-14(23)19(24)27-15(12)8-11/h2,4,6-10,16-18,22,29-30H,3,5H2,1H3,(H2,24,27)/t16-,17-,18-,22-/m1/s1. The Morgan fingerprint density at radius 3 is 2.84 bits per heavy atom. The van der Waals surface area contributed by atoms with Crippen LogP contribution >= 0.6 is 0 Å². The monoisotopic (exact) mass is 439 g/mol. The number of anilines is 1. The summed E-state index contributed by atoms with van der Waals surface area (Å²) in [6.07, 6.45) is 0.559. The zero-order valence-corrected chi connectivity index (χ0v) is 17.2. The number of rotatable bonds is 5. The summed E-state index contributed by atoms with van der Waals surface area (Å²) in [5, 5.41) is 22.6. The predicted octanol–water partition coefficient (Wildman–Crippen LogP) is 1.96. The smallest absolute Gasteiger partial charge is 0.225 e. The molecule has 1 fully saturated rings. The van der Waals surface area contributed by atoms with Gasteiger partial charge in [0.15, 0.2) is 17.9 Å². The van der Waals surface area contributed by atoms with Crippen LogP contribution in [0.1, 0.15) is 18.2 Å². The van der Waals surface area contributed by atoms with E-state index >= 15 is 0 Å². The molecule has 166 valence electrons. The van der Waals surface area contributed by atoms with Gasteiger partial charge in [0.05, 0.1) is 24.1 Å². The van der Waals surface area contributed by atoms with Crippen LogP contribution in [0.5, 0.6) is 5.88 Å². The second kappa shape index (κ2) is 7.97. The van der Waals surface area contributed by atoms with E-state index in [-0.39, 0.29) is 5.82 Å². The van der Waals surface area contributed by atoms with Gasteiger partial charge in [0, 0.05) is 11.6 Å². The molecule has 4 aromatic rings. The van der Waals surface area contributed by atoms with Crippen molar-refractivity contribution in [3.05, 3.63) is 54.2 Å². The fraction of sp³-hybridized carbons (Fsp3) is 0.318. The number of benzene rings is 1. The normalized spacial score (nSPS) is 23.2. The largest absolute Gasteiger partial charge is 0.480 e. The maximum Gasteiger partial charge on any atom is 0.225 e. The second-order valence-electron chi connectivity index (χ2n) is 7.81. The molecule has 1 aliphatic rings. The summed E-state index contributed by atoms with van der Waals surface area (Å²) in [6, 6.07) is 8.62. The summed E-state index contributed by atoms with van der Waals surface area (Å²) in [7, 11) is 1.52. The number of methoxy groups -OCH3 is 1. The van der Waals surface area contributed by atoms with Gasteiger partial charge in [-0.05, 0) is 36.6 Å². The maximum atomic E-state index is 13.6. The number of nitrogen functional groups attached to an aromatic ring is 1. The minimum absolute atomic E-state index is 0.144. The molecule has 4 atom stereocenters. The lowest BCUT2D eigenvalue weighted by Crippen LogP contribution is -2.31. The lowest BCUT2D eigenvalue weighted by atomic mass is 10.0. The maximum absolute atomic E-state index is 13.6. The molecule has 32 heavy (non-hydrogen) atoms. The van der Waals surface area contributed by atoms with Crippen LogP contribution in [0.15, 0.2) is 42.9 Å². The molecule has 0 bridgehead atoms. The van der Waals surface area contributed by atoms with E-state index in [0.29, 0.717) is 40.7 Å². The van der Waals surface area contributed by atoms with Gasteiger partial charge in [0.1, 0.15) is 24.2 Å². The molecule has 0 saturated carbocycles. The highest BCUT2D eigenvalue weighted by molar-refractivity contribution is 5.81. The number of nitrogens with zero attached hydrogens (tertiary/aromatic N) is 4. The van der Waals surface area contributed by atoms with E-state index in [1.807, 2.05) is 12.1 Å². The number of aryl methyl sites for hydroxylation is 1. The number of fused-ring (bicyclic) bond motifs is 2. The molecule has 3 aromatic heterocycles. The Kier molecular flexibility index (Phi) is 5.12. The van der Waals surface area contributed by atoms with Gasteiger partial charge in [0.2, 0.25) is 5.88 Å². The summed E-state index contributed by atoms with van der Waals surface area (Å²) in [5.74, 6) is -0.272. The van der Waals surface area contributed by atoms with Crippen LogP contribution in [0.25, 0.3) is 21.9 Å². The van der Waals surface area contributed by atoms with Crippen LogP contribution in [0.4, 0.5) is 10.2 Å². The molecule has 0 spiro atoms. The summed E-state index contributed by atoms with van der Waals surface area (Å²) in [6.45, 7) is 0. The molecule has 5 rings (SSSR count). The molecule has 0 aliphatic carbocycles. The summed E-state index contributed by atoms with van der Waals surface area (Å²) in [5.41, 5.74) is 7.65. The van der Waals surface area contributed by atoms with Gasteiger partial charge in [-0.15, -0.1) is 0 Å². The highest BCUT2D eigenvalue weighted by Crippen LogP contribution is 2.35. The van der Waals surface area contributed by atoms with Crippen LogP contribution in [0.2, 0.25) is 0 Å². The molecule has 4 heterocycles. The molecule has 1 saturated heterocycles. The van der Waals surface area contributed by atoms with Crippen molar-refractivity contribution in [3.8, 4) is 5.88 Å². The molecular weight excluding hydrogens is 417 g/mol. The first kappa shape index (κ1) is 20.6. The van der Waals surface area contributed by atoms with Gasteiger partial charge in [-0.25, -0.2) is 19.3 Å². The lowest BCUT2D eigenvalue weighted by Gasteiger charge is -2.17. The zero-order valence-electron chi connectivity index (χ0n) is 17.2. The van der Waals surface area contributed by atoms with Crippen molar-refractivity contribution in [2.45, 2.75) is 37.4 Å². The first-order valence-corrected chi connectivity index (χ1v) is 10.2. The minimum Gasteiger partial charge on any atom is -0.480 e. The number of hydrogen-bond acceptors (Lipinski definition) is 8. The fourth-order valence-corrected chi connectivity index (χ4v) is 4.18. The molecule has 9 nitrogen and oxygen atoms in total. The van der Waals surface area contributed by atoms with E-state index in [0.717, 1.165) is 5.56 Å². The Balaban J connectivity index is 1.34. The van der Waals surface area contributed by atoms with Crippen LogP contribution in [-0.2, 0) is 11.2 Å². The van der Waals surface area contributed by atoms with Gasteiger partial charge in [-0.1, -0.05) is 12.1 Å². The Morgan fingerprint density at radius 2 is 2.03 bits per heavy atom. The number of aliphatic hydroxyl groups is 2. The number of hydrogen-bond donors (Lipinski definition) is 3. The highest BCUT2D eigenvalue weighted by atomic mass is 19.1. The van der Waals surface area contributed by atoms with Crippen LogP contribution in [-0.4, -0.2) is 55.2 Å². The molecule has 0 amide bonds. The van der Waals surface area contributed by atoms with Gasteiger partial charge in [-0.3, -0.25) is 0 Å². The Morgan fingerprint density at radius 1 is 1.19 bits per heavy atom. The highest BCUT2D eigenvalue weighted by Gasteiger charge is 2.43. The summed E-state index contributed by atoms with van der Waals surface area (Å²) >= 11 is 0. The molecule has 0 unspecified atom stereocenters. The average Bonchev–Trinajstić information content (AvgIpc) is 3.34. The number of aromatic nitrogens is 4. The van der Waals surface area contributed by atoms with Crippen molar-refractivity contribution < 1.29 is 24.1 Å². The van der Waals surface area contributed by atoms with E-state index in [1.54, 1.807) is 22.9 Å². The minimum atomic E-state index is -1.13. The van der Waals surface area contributed by atoms with Crippen molar-refractivity contribution in [1.82, 2.24) is 19.5 Å². The average molecular weight is 439 g/mol. The Bertz CT molecular complexity index is 1300. The Hall–Kier alpha value is -3.34. The number of nitrogens with two attached hydrogens (primary N) is 1. The van der Waals surface area contributed by atoms with Crippen LogP contribution in [0, 0.1) is 5.82 Å². The Labute approximate surface area is 182 Å². The molecule has 10 heteroatoms. The van der Waals surface area contributed by atoms with Gasteiger partial charge >= 0.3 is 0 Å². The van der Waals surface area contributed by atoms with Gasteiger partial charge < -0.3 is 30.0 Å². The SMILES string of the molecule is COc1ncnc2c1ccn2[C@@H]1O[C@H](CCc2ccc3cc(F)c(N)nc3c2)[C@@H](O)[C@H]1O. The third kappa shape index (κ3) is 3.42. The van der Waals surface area contributed by atoms with E-state index in [9.17, 15) is 14.6 Å². The van der Waals surface area contributed by atoms with Gasteiger partial charge in [-0.2, -0.15) is 0 Å². The van der Waals surface area contributed by atoms with E-state index in [4.69, 9.17) is 15.2 Å². The molecular formula is C22H22FN5O4. The van der Waals surface area contributed by atoms with E-state index < -0.39 is 30.4 Å². The van der Waals surface area contributed by atoms with E-state index in [1.165, 1.54) is 19.5 Å². The predicted molar refractivity (Wildman–Crippen MR) is 114 cm³/mol. The number of pyridine rings is 1. The fourth-order valence-electron chi connectivity index (χ4n) is 4.18. The van der Waals surface area contributed by atoms with Crippen molar-refractivity contribution in [3.63, 3.8) is 0 Å². The molecule has 1 aliphatic heterocycles. The summed E-state index contributed by atoms with van der Waals surface area (Å²) in [4.78, 5) is 12.4. The molecule has 0 radical (unpaired) electrons. The molecule has 4 N–H and O–H groups in total. The zero-order chi connectivity index (χ0) is 22.4. The van der Waals surface area contributed by atoms with Crippen molar-refractivity contribution >= 4 is 27.8 Å². The quantitative estimate of drug-likeness (QED) is 0.431. The lowest BCUT2D eigenvalue weighted by molar-refractivity contribution is -0.0364. The number of ether oxygens (including phenoxy) is 2. The van der Waals surface area contributed by atoms with Crippen molar-refractivity contribution in [2.75, 3.05) is 12.8 Å². The summed E-state index contributed by atoms with van der Waals surface area (Å²) < 4.78 is 26.6. The number of aliphatic hydroxyl groups excluding tert-OH is 2. The first-order valence-electron chi connectivity index (χ1n) is 10.2. The van der Waals surface area contributed by atoms with Crippen LogP contribution in [0.3, 0.4) is 0 Å². The number of halogens is 1.